The van der Waals surface area contributed by atoms with Crippen LogP contribution >= 0.6 is 22.6 Å². The van der Waals surface area contributed by atoms with Crippen LogP contribution in [0.15, 0.2) is 18.2 Å². The minimum absolute atomic E-state index is 0.0628. The molecule has 0 saturated carbocycles. The number of aromatic hydroxyl groups is 1. The zero-order valence-electron chi connectivity index (χ0n) is 6.58. The van der Waals surface area contributed by atoms with Gasteiger partial charge in [-0.1, -0.05) is 0 Å². The molecule has 0 aliphatic carbocycles. The van der Waals surface area contributed by atoms with Gasteiger partial charge in [0.1, 0.15) is 5.75 Å². The van der Waals surface area contributed by atoms with Gasteiger partial charge in [0.25, 0.3) is 0 Å². The van der Waals surface area contributed by atoms with Crippen molar-refractivity contribution in [3.8, 4) is 5.75 Å². The van der Waals surface area contributed by atoms with Crippen LogP contribution in [-0.4, -0.2) is 27.5 Å². The second kappa shape index (κ2) is 4.61. The van der Waals surface area contributed by atoms with E-state index in [0.717, 1.165) is 3.57 Å². The minimum Gasteiger partial charge on any atom is -0.508 e. The maximum absolute atomic E-state index is 11.2. The van der Waals surface area contributed by atoms with Crippen LogP contribution in [0, 0.1) is 3.57 Å². The Morgan fingerprint density at radius 2 is 2.23 bits per heavy atom. The van der Waals surface area contributed by atoms with E-state index in [9.17, 15) is 9.90 Å². The van der Waals surface area contributed by atoms with Crippen LogP contribution in [0.5, 0.6) is 5.75 Å². The van der Waals surface area contributed by atoms with Crippen molar-refractivity contribution in [3.05, 3.63) is 27.3 Å². The highest BCUT2D eigenvalue weighted by atomic mass is 127. The summed E-state index contributed by atoms with van der Waals surface area (Å²) in [6, 6.07) is 4.57. The lowest BCUT2D eigenvalue weighted by molar-refractivity contribution is 0.0573. The van der Waals surface area contributed by atoms with Crippen molar-refractivity contribution in [2.45, 2.75) is 0 Å². The number of carbonyl (C=O) groups excluding carboxylic acids is 1. The van der Waals surface area contributed by atoms with Crippen molar-refractivity contribution < 1.29 is 14.6 Å². The first-order valence-corrected chi connectivity index (χ1v) is 5.23. The van der Waals surface area contributed by atoms with Crippen LogP contribution in [0.4, 0.5) is 0 Å². The second-order valence-electron chi connectivity index (χ2n) is 2.27. The molecule has 1 aromatic carbocycles. The first-order chi connectivity index (χ1) is 6.13. The van der Waals surface area contributed by atoms with Crippen molar-refractivity contribution >= 4 is 38.8 Å². The average molecular weight is 305 g/mol. The predicted molar refractivity (Wildman–Crippen MR) is 56.9 cm³/mol. The van der Waals surface area contributed by atoms with E-state index < -0.39 is 5.97 Å². The Hall–Kier alpha value is -0.563. The largest absolute Gasteiger partial charge is 0.508 e. The standard InChI is InChI=1S/C8H6IO3Si/c9-6-1-5(2-7(10)3-6)8(11)12-4-13/h1-3,10H,4H2. The molecule has 0 spiro atoms. The van der Waals surface area contributed by atoms with Crippen molar-refractivity contribution in [2.24, 2.45) is 0 Å². The minimum atomic E-state index is -0.455. The number of halogens is 1. The molecular formula is C8H6IO3Si. The lowest BCUT2D eigenvalue weighted by atomic mass is 10.2. The highest BCUT2D eigenvalue weighted by Crippen LogP contribution is 2.17. The van der Waals surface area contributed by atoms with Gasteiger partial charge in [-0.2, -0.15) is 0 Å². The molecule has 13 heavy (non-hydrogen) atoms. The van der Waals surface area contributed by atoms with Crippen LogP contribution in [0.2, 0.25) is 0 Å². The van der Waals surface area contributed by atoms with Gasteiger partial charge < -0.3 is 9.84 Å². The number of phenolic OH excluding ortho intramolecular Hbond substituents is 1. The summed E-state index contributed by atoms with van der Waals surface area (Å²) in [7, 11) is 3.02. The van der Waals surface area contributed by atoms with E-state index in [4.69, 9.17) is 4.74 Å². The molecule has 3 nitrogen and oxygen atoms in total. The zero-order chi connectivity index (χ0) is 9.84. The van der Waals surface area contributed by atoms with Crippen LogP contribution in [0.25, 0.3) is 0 Å². The SMILES string of the molecule is O=C(OC[Si])c1cc(O)cc(I)c1. The summed E-state index contributed by atoms with van der Waals surface area (Å²) in [5.41, 5.74) is 0.350. The molecule has 0 heterocycles. The van der Waals surface area contributed by atoms with Crippen molar-refractivity contribution in [2.75, 3.05) is 6.23 Å². The van der Waals surface area contributed by atoms with Crippen LogP contribution < -0.4 is 0 Å². The molecule has 0 atom stereocenters. The van der Waals surface area contributed by atoms with Gasteiger partial charge in [0.2, 0.25) is 0 Å². The Morgan fingerprint density at radius 1 is 1.54 bits per heavy atom. The van der Waals surface area contributed by atoms with Crippen molar-refractivity contribution in [1.29, 1.82) is 0 Å². The van der Waals surface area contributed by atoms with E-state index >= 15 is 0 Å². The molecule has 0 bridgehead atoms. The first kappa shape index (κ1) is 10.5. The Kier molecular flexibility index (Phi) is 3.73. The highest BCUT2D eigenvalue weighted by Gasteiger charge is 2.07. The number of esters is 1. The number of ether oxygens (including phenoxy) is 1. The molecular weight excluding hydrogens is 299 g/mol. The number of rotatable bonds is 2. The number of phenols is 1. The molecule has 1 N–H and O–H groups in total. The Balaban J connectivity index is 2.94. The van der Waals surface area contributed by atoms with Gasteiger partial charge in [-0.25, -0.2) is 4.79 Å². The summed E-state index contributed by atoms with van der Waals surface area (Å²) in [6.07, 6.45) is 0.144. The summed E-state index contributed by atoms with van der Waals surface area (Å²) in [5, 5.41) is 9.19. The lowest BCUT2D eigenvalue weighted by Gasteiger charge is -2.02. The Labute approximate surface area is 92.7 Å². The maximum Gasteiger partial charge on any atom is 0.337 e. The molecule has 0 aromatic heterocycles. The molecule has 0 amide bonds. The van der Waals surface area contributed by atoms with E-state index in [1.54, 1.807) is 12.1 Å². The average Bonchev–Trinajstić information content (AvgIpc) is 2.03. The van der Waals surface area contributed by atoms with Gasteiger partial charge in [-0.15, -0.1) is 0 Å². The van der Waals surface area contributed by atoms with Gasteiger partial charge in [-0.3, -0.25) is 0 Å². The lowest BCUT2D eigenvalue weighted by Crippen LogP contribution is -2.06. The third kappa shape index (κ3) is 3.00. The Morgan fingerprint density at radius 3 is 2.77 bits per heavy atom. The Bertz CT molecular complexity index is 307. The van der Waals surface area contributed by atoms with Crippen molar-refractivity contribution in [1.82, 2.24) is 0 Å². The molecule has 0 aliphatic rings. The summed E-state index contributed by atoms with van der Waals surface area (Å²) in [5.74, 6) is -0.392. The molecule has 0 saturated heterocycles. The van der Waals surface area contributed by atoms with Crippen LogP contribution in [-0.2, 0) is 4.74 Å². The molecule has 0 fully saturated rings. The molecule has 3 radical (unpaired) electrons. The van der Waals surface area contributed by atoms with Gasteiger partial charge in [0.05, 0.1) is 22.0 Å². The maximum atomic E-state index is 11.2. The fraction of sp³-hybridized carbons (Fsp3) is 0.125. The molecule has 5 heteroatoms. The second-order valence-corrected chi connectivity index (χ2v) is 3.81. The fourth-order valence-corrected chi connectivity index (χ4v) is 1.63. The summed E-state index contributed by atoms with van der Waals surface area (Å²) in [6.45, 7) is 0. The topological polar surface area (TPSA) is 46.5 Å². The van der Waals surface area contributed by atoms with Gasteiger partial charge in [-0.05, 0) is 40.8 Å². The third-order valence-electron chi connectivity index (χ3n) is 1.32. The summed E-state index contributed by atoms with van der Waals surface area (Å²) < 4.78 is 5.49. The number of hydrogen-bond donors (Lipinski definition) is 1. The normalized spacial score (nSPS) is 9.69. The van der Waals surface area contributed by atoms with Crippen LogP contribution in [0.3, 0.4) is 0 Å². The predicted octanol–water partition coefficient (Wildman–Crippen LogP) is 1.28. The monoisotopic (exact) mass is 305 g/mol. The molecule has 0 unspecified atom stereocenters. The fourth-order valence-electron chi connectivity index (χ4n) is 0.841. The summed E-state index contributed by atoms with van der Waals surface area (Å²) in [4.78, 5) is 11.2. The third-order valence-corrected chi connectivity index (χ3v) is 2.09. The molecule has 67 valence electrons. The number of carbonyl (C=O) groups is 1. The number of benzene rings is 1. The first-order valence-electron chi connectivity index (χ1n) is 3.45. The number of hydrogen-bond acceptors (Lipinski definition) is 3. The zero-order valence-corrected chi connectivity index (χ0v) is 9.74. The summed E-state index contributed by atoms with van der Waals surface area (Å²) >= 11 is 2.01. The smallest absolute Gasteiger partial charge is 0.337 e. The van der Waals surface area contributed by atoms with E-state index in [0.29, 0.717) is 5.56 Å². The van der Waals surface area contributed by atoms with E-state index in [2.05, 4.69) is 10.2 Å². The van der Waals surface area contributed by atoms with Crippen LogP contribution in [0.1, 0.15) is 10.4 Å². The molecule has 1 aromatic rings. The molecule has 1 rings (SSSR count). The molecule has 0 aliphatic heterocycles. The van der Waals surface area contributed by atoms with Gasteiger partial charge in [0, 0.05) is 3.57 Å². The van der Waals surface area contributed by atoms with Crippen molar-refractivity contribution in [3.63, 3.8) is 0 Å². The van der Waals surface area contributed by atoms with E-state index in [-0.39, 0.29) is 12.0 Å². The van der Waals surface area contributed by atoms with Gasteiger partial charge >= 0.3 is 5.97 Å². The van der Waals surface area contributed by atoms with E-state index in [1.165, 1.54) is 6.07 Å². The van der Waals surface area contributed by atoms with Gasteiger partial charge in [0.15, 0.2) is 0 Å². The highest BCUT2D eigenvalue weighted by molar-refractivity contribution is 14.1. The van der Waals surface area contributed by atoms with E-state index in [1.807, 2.05) is 22.6 Å². The quantitative estimate of drug-likeness (QED) is 0.509.